The predicted molar refractivity (Wildman–Crippen MR) is 107 cm³/mol. The molecule has 0 saturated carbocycles. The Bertz CT molecular complexity index is 940. The fourth-order valence-corrected chi connectivity index (χ4v) is 4.43. The minimum atomic E-state index is -3.82. The summed E-state index contributed by atoms with van der Waals surface area (Å²) in [5, 5.41) is 2.80. The van der Waals surface area contributed by atoms with Crippen molar-refractivity contribution in [3.8, 4) is 0 Å². The first kappa shape index (κ1) is 19.9. The van der Waals surface area contributed by atoms with Gasteiger partial charge in [-0.25, -0.2) is 8.42 Å². The molecule has 1 aliphatic rings. The van der Waals surface area contributed by atoms with Crippen LogP contribution < -0.4 is 10.0 Å². The number of anilines is 1. The van der Waals surface area contributed by atoms with Crippen LogP contribution in [0.25, 0.3) is 0 Å². The van der Waals surface area contributed by atoms with Crippen LogP contribution in [-0.4, -0.2) is 33.6 Å². The molecule has 8 heteroatoms. The van der Waals surface area contributed by atoms with E-state index in [-0.39, 0.29) is 16.9 Å². The second-order valence-electron chi connectivity index (χ2n) is 6.46. The molecule has 1 amide bonds. The first-order chi connectivity index (χ1) is 12.8. The first-order valence-electron chi connectivity index (χ1n) is 8.64. The van der Waals surface area contributed by atoms with Gasteiger partial charge in [-0.1, -0.05) is 12.1 Å². The molecule has 2 aromatic rings. The molecule has 1 heterocycles. The van der Waals surface area contributed by atoms with Gasteiger partial charge in [0.1, 0.15) is 0 Å². The Morgan fingerprint density at radius 2 is 2.07 bits per heavy atom. The van der Waals surface area contributed by atoms with Gasteiger partial charge in [0.05, 0.1) is 16.7 Å². The summed E-state index contributed by atoms with van der Waals surface area (Å²) in [7, 11) is -3.82. The minimum absolute atomic E-state index is 0.0284. The van der Waals surface area contributed by atoms with Crippen LogP contribution in [0.15, 0.2) is 51.8 Å². The van der Waals surface area contributed by atoms with Crippen molar-refractivity contribution in [2.75, 3.05) is 17.9 Å². The van der Waals surface area contributed by atoms with Gasteiger partial charge < -0.3 is 10.1 Å². The lowest BCUT2D eigenvalue weighted by Crippen LogP contribution is -2.31. The molecule has 2 N–H and O–H groups in total. The van der Waals surface area contributed by atoms with Crippen molar-refractivity contribution in [2.45, 2.75) is 30.8 Å². The first-order valence-corrected chi connectivity index (χ1v) is 10.9. The molecule has 3 rings (SSSR count). The SMILES string of the molecule is Cc1ccc(Br)c(NS(=O)(=O)c2cccc(C(=O)NCC3CCCO3)c2)c1. The molecule has 1 saturated heterocycles. The van der Waals surface area contributed by atoms with E-state index in [1.165, 1.54) is 12.1 Å². The summed E-state index contributed by atoms with van der Waals surface area (Å²) < 4.78 is 34.1. The van der Waals surface area contributed by atoms with Gasteiger partial charge >= 0.3 is 0 Å². The molecule has 1 atom stereocenters. The van der Waals surface area contributed by atoms with Gasteiger partial charge in [-0.3, -0.25) is 9.52 Å². The number of rotatable bonds is 6. The Labute approximate surface area is 167 Å². The second kappa shape index (κ2) is 8.41. The van der Waals surface area contributed by atoms with Gasteiger partial charge in [0.2, 0.25) is 0 Å². The average molecular weight is 453 g/mol. The summed E-state index contributed by atoms with van der Waals surface area (Å²) in [4.78, 5) is 12.4. The van der Waals surface area contributed by atoms with E-state index in [1.54, 1.807) is 24.3 Å². The molecular weight excluding hydrogens is 432 g/mol. The highest BCUT2D eigenvalue weighted by atomic mass is 79.9. The van der Waals surface area contributed by atoms with Gasteiger partial charge in [0.15, 0.2) is 0 Å². The van der Waals surface area contributed by atoms with Crippen LogP contribution in [0.5, 0.6) is 0 Å². The zero-order valence-electron chi connectivity index (χ0n) is 14.9. The Hall–Kier alpha value is -1.90. The number of sulfonamides is 1. The van der Waals surface area contributed by atoms with Gasteiger partial charge in [-0.2, -0.15) is 0 Å². The molecule has 1 unspecified atom stereocenters. The fourth-order valence-electron chi connectivity index (χ4n) is 2.84. The summed E-state index contributed by atoms with van der Waals surface area (Å²) in [6.45, 7) is 3.02. The van der Waals surface area contributed by atoms with Crippen molar-refractivity contribution < 1.29 is 17.9 Å². The molecule has 0 aliphatic carbocycles. The molecule has 0 spiro atoms. The monoisotopic (exact) mass is 452 g/mol. The normalized spacial score (nSPS) is 16.9. The van der Waals surface area contributed by atoms with Crippen molar-refractivity contribution in [2.24, 2.45) is 0 Å². The smallest absolute Gasteiger partial charge is 0.261 e. The van der Waals surface area contributed by atoms with Gasteiger partial charge in [0.25, 0.3) is 15.9 Å². The molecule has 2 aromatic carbocycles. The summed E-state index contributed by atoms with van der Waals surface area (Å²) in [5.74, 6) is -0.320. The number of halogens is 1. The fraction of sp³-hybridized carbons (Fsp3) is 0.316. The van der Waals surface area contributed by atoms with Gasteiger partial charge in [0, 0.05) is 23.2 Å². The maximum atomic E-state index is 12.7. The van der Waals surface area contributed by atoms with E-state index >= 15 is 0 Å². The number of amides is 1. The zero-order chi connectivity index (χ0) is 19.4. The number of benzene rings is 2. The van der Waals surface area contributed by atoms with Crippen molar-refractivity contribution >= 4 is 37.5 Å². The van der Waals surface area contributed by atoms with Gasteiger partial charge in [-0.15, -0.1) is 0 Å². The van der Waals surface area contributed by atoms with Crippen LogP contribution in [-0.2, 0) is 14.8 Å². The number of nitrogens with one attached hydrogen (secondary N) is 2. The largest absolute Gasteiger partial charge is 0.376 e. The standard InChI is InChI=1S/C19H21BrN2O4S/c1-13-7-8-17(20)18(10-13)22-27(24,25)16-6-2-4-14(11-16)19(23)21-12-15-5-3-9-26-15/h2,4,6-8,10-11,15,22H,3,5,9,12H2,1H3,(H,21,23). The van der Waals surface area contributed by atoms with Gasteiger partial charge in [-0.05, 0) is 71.6 Å². The molecule has 1 aliphatic heterocycles. The topological polar surface area (TPSA) is 84.5 Å². The molecule has 0 bridgehead atoms. The van der Waals surface area contributed by atoms with E-state index in [4.69, 9.17) is 4.74 Å². The zero-order valence-corrected chi connectivity index (χ0v) is 17.3. The third kappa shape index (κ3) is 5.09. The lowest BCUT2D eigenvalue weighted by atomic mass is 10.2. The molecule has 0 aromatic heterocycles. The van der Waals surface area contributed by atoms with E-state index in [2.05, 4.69) is 26.0 Å². The number of carbonyl (C=O) groups is 1. The van der Waals surface area contributed by atoms with E-state index in [0.29, 0.717) is 28.9 Å². The van der Waals surface area contributed by atoms with Crippen LogP contribution in [0.1, 0.15) is 28.8 Å². The molecule has 0 radical (unpaired) electrons. The lowest BCUT2D eigenvalue weighted by Gasteiger charge is -2.13. The minimum Gasteiger partial charge on any atom is -0.376 e. The van der Waals surface area contributed by atoms with Crippen molar-refractivity contribution in [3.05, 3.63) is 58.1 Å². The number of aryl methyl sites for hydroxylation is 1. The Kier molecular flexibility index (Phi) is 6.18. The van der Waals surface area contributed by atoms with Crippen LogP contribution >= 0.6 is 15.9 Å². The number of hydrogen-bond acceptors (Lipinski definition) is 4. The summed E-state index contributed by atoms with van der Waals surface area (Å²) in [6.07, 6.45) is 1.94. The summed E-state index contributed by atoms with van der Waals surface area (Å²) in [6, 6.07) is 11.4. The van der Waals surface area contributed by atoms with Crippen LogP contribution in [0.4, 0.5) is 5.69 Å². The quantitative estimate of drug-likeness (QED) is 0.702. The molecular formula is C19H21BrN2O4S. The van der Waals surface area contributed by atoms with Crippen molar-refractivity contribution in [3.63, 3.8) is 0 Å². The summed E-state index contributed by atoms with van der Waals surface area (Å²) >= 11 is 3.34. The summed E-state index contributed by atoms with van der Waals surface area (Å²) in [5.41, 5.74) is 1.67. The number of ether oxygens (including phenoxy) is 1. The highest BCUT2D eigenvalue weighted by Crippen LogP contribution is 2.26. The highest BCUT2D eigenvalue weighted by molar-refractivity contribution is 9.10. The third-order valence-corrected chi connectivity index (χ3v) is 6.34. The predicted octanol–water partition coefficient (Wildman–Crippen LogP) is 3.47. The van der Waals surface area contributed by atoms with Crippen LogP contribution in [0, 0.1) is 6.92 Å². The Morgan fingerprint density at radius 3 is 2.81 bits per heavy atom. The maximum absolute atomic E-state index is 12.7. The number of carbonyl (C=O) groups excluding carboxylic acids is 1. The van der Waals surface area contributed by atoms with Crippen molar-refractivity contribution in [1.82, 2.24) is 5.32 Å². The van der Waals surface area contributed by atoms with Crippen LogP contribution in [0.3, 0.4) is 0 Å². The lowest BCUT2D eigenvalue weighted by molar-refractivity contribution is 0.0857. The maximum Gasteiger partial charge on any atom is 0.261 e. The Morgan fingerprint density at radius 1 is 1.26 bits per heavy atom. The molecule has 27 heavy (non-hydrogen) atoms. The highest BCUT2D eigenvalue weighted by Gasteiger charge is 2.19. The average Bonchev–Trinajstić information content (AvgIpc) is 3.16. The van der Waals surface area contributed by atoms with E-state index in [0.717, 1.165) is 18.4 Å². The molecule has 1 fully saturated rings. The third-order valence-electron chi connectivity index (χ3n) is 4.29. The van der Waals surface area contributed by atoms with Crippen molar-refractivity contribution in [1.29, 1.82) is 0 Å². The molecule has 6 nitrogen and oxygen atoms in total. The van der Waals surface area contributed by atoms with E-state index in [1.807, 2.05) is 13.0 Å². The Balaban J connectivity index is 1.75. The van der Waals surface area contributed by atoms with Crippen LogP contribution in [0.2, 0.25) is 0 Å². The number of hydrogen-bond donors (Lipinski definition) is 2. The molecule has 144 valence electrons. The second-order valence-corrected chi connectivity index (χ2v) is 9.00. The van der Waals surface area contributed by atoms with E-state index in [9.17, 15) is 13.2 Å². The van der Waals surface area contributed by atoms with E-state index < -0.39 is 10.0 Å².